The minimum Gasteiger partial charge on any atom is -0.508 e. The van der Waals surface area contributed by atoms with Crippen LogP contribution in [0.5, 0.6) is 5.75 Å². The molecule has 0 spiro atoms. The van der Waals surface area contributed by atoms with E-state index >= 15 is 0 Å². The molecule has 10 heteroatoms. The fourth-order valence-corrected chi connectivity index (χ4v) is 3.03. The number of nitrogens with one attached hydrogen (secondary N) is 3. The number of carbonyl (C=O) groups excluding carboxylic acids is 3. The summed E-state index contributed by atoms with van der Waals surface area (Å²) in [5.74, 6) is -3.36. The molecule has 5 unspecified atom stereocenters. The fourth-order valence-electron chi connectivity index (χ4n) is 3.03. The molecule has 1 aromatic rings. The summed E-state index contributed by atoms with van der Waals surface area (Å²) in [5, 5.41) is 26.5. The van der Waals surface area contributed by atoms with Crippen LogP contribution in [0.4, 0.5) is 0 Å². The fraction of sp³-hybridized carbons (Fsp3) is 0.565. The van der Waals surface area contributed by atoms with Crippen LogP contribution < -0.4 is 21.7 Å². The van der Waals surface area contributed by atoms with Gasteiger partial charge in [0.25, 0.3) is 0 Å². The molecule has 1 rings (SSSR count). The summed E-state index contributed by atoms with van der Waals surface area (Å²) < 4.78 is 0. The molecule has 1 aromatic carbocycles. The van der Waals surface area contributed by atoms with Crippen molar-refractivity contribution in [3.05, 3.63) is 29.8 Å². The lowest BCUT2D eigenvalue weighted by molar-refractivity contribution is -0.143. The van der Waals surface area contributed by atoms with Crippen LogP contribution in [-0.2, 0) is 25.6 Å². The van der Waals surface area contributed by atoms with Gasteiger partial charge in [0, 0.05) is 6.42 Å². The van der Waals surface area contributed by atoms with E-state index in [0.717, 1.165) is 0 Å². The third-order valence-corrected chi connectivity index (χ3v) is 5.55. The second-order valence-corrected chi connectivity index (χ2v) is 8.64. The van der Waals surface area contributed by atoms with Gasteiger partial charge >= 0.3 is 5.97 Å². The summed E-state index contributed by atoms with van der Waals surface area (Å²) in [6.45, 7) is 8.53. The Bertz CT molecular complexity index is 827. The summed E-state index contributed by atoms with van der Waals surface area (Å²) >= 11 is 0. The lowest BCUT2D eigenvalue weighted by Crippen LogP contribution is -2.57. The lowest BCUT2D eigenvalue weighted by Gasteiger charge is -2.25. The molecule has 33 heavy (non-hydrogen) atoms. The zero-order valence-corrected chi connectivity index (χ0v) is 19.8. The Labute approximate surface area is 194 Å². The van der Waals surface area contributed by atoms with Crippen LogP contribution in [0.3, 0.4) is 0 Å². The summed E-state index contributed by atoms with van der Waals surface area (Å²) in [4.78, 5) is 49.5. The van der Waals surface area contributed by atoms with E-state index < -0.39 is 47.9 Å². The maximum absolute atomic E-state index is 12.9. The van der Waals surface area contributed by atoms with Gasteiger partial charge in [-0.25, -0.2) is 4.79 Å². The average Bonchev–Trinajstić information content (AvgIpc) is 2.76. The molecule has 0 aliphatic rings. The van der Waals surface area contributed by atoms with E-state index in [9.17, 15) is 29.4 Å². The van der Waals surface area contributed by atoms with E-state index in [1.807, 2.05) is 13.8 Å². The normalized spacial score (nSPS) is 15.6. The molecule has 0 aliphatic carbocycles. The van der Waals surface area contributed by atoms with Crippen molar-refractivity contribution in [1.82, 2.24) is 16.0 Å². The van der Waals surface area contributed by atoms with Gasteiger partial charge in [-0.15, -0.1) is 0 Å². The first kappa shape index (κ1) is 27.9. The number of nitrogens with two attached hydrogens (primary N) is 1. The number of aromatic hydroxyl groups is 1. The molecular weight excluding hydrogens is 428 g/mol. The third-order valence-electron chi connectivity index (χ3n) is 5.55. The van der Waals surface area contributed by atoms with Crippen molar-refractivity contribution in [2.75, 3.05) is 0 Å². The molecule has 0 aromatic heterocycles. The highest BCUT2D eigenvalue weighted by Crippen LogP contribution is 2.12. The van der Waals surface area contributed by atoms with E-state index in [2.05, 4.69) is 16.0 Å². The number of benzene rings is 1. The summed E-state index contributed by atoms with van der Waals surface area (Å²) in [7, 11) is 0. The Morgan fingerprint density at radius 1 is 0.909 bits per heavy atom. The summed E-state index contributed by atoms with van der Waals surface area (Å²) in [6.07, 6.45) is 0.750. The Hall–Kier alpha value is -3.14. The molecule has 5 atom stereocenters. The van der Waals surface area contributed by atoms with Gasteiger partial charge in [0.05, 0.1) is 6.04 Å². The Morgan fingerprint density at radius 3 is 1.97 bits per heavy atom. The number of carbonyl (C=O) groups is 4. The first-order valence-corrected chi connectivity index (χ1v) is 11.0. The largest absolute Gasteiger partial charge is 0.508 e. The molecule has 3 amide bonds. The third kappa shape index (κ3) is 8.72. The van der Waals surface area contributed by atoms with Gasteiger partial charge in [0.1, 0.15) is 23.9 Å². The van der Waals surface area contributed by atoms with Crippen molar-refractivity contribution in [3.8, 4) is 5.75 Å². The van der Waals surface area contributed by atoms with Crippen molar-refractivity contribution in [1.29, 1.82) is 0 Å². The standard InChI is InChI=1S/C23H36N4O6/c1-6-13(4)18(24)22(31)25-14(5)20(29)26-17(11-15-7-9-16(28)10-8-15)21(30)27-19(12(2)3)23(32)33/h7-10,12-14,17-19,28H,6,11,24H2,1-5H3,(H,25,31)(H,26,29)(H,27,30)(H,32,33). The number of phenols is 1. The van der Waals surface area contributed by atoms with Gasteiger partial charge in [-0.3, -0.25) is 14.4 Å². The van der Waals surface area contributed by atoms with Crippen LogP contribution in [0.15, 0.2) is 24.3 Å². The van der Waals surface area contributed by atoms with Crippen molar-refractivity contribution in [2.24, 2.45) is 17.6 Å². The van der Waals surface area contributed by atoms with Gasteiger partial charge in [-0.2, -0.15) is 0 Å². The highest BCUT2D eigenvalue weighted by atomic mass is 16.4. The molecule has 0 saturated heterocycles. The monoisotopic (exact) mass is 464 g/mol. The highest BCUT2D eigenvalue weighted by molar-refractivity contribution is 5.94. The molecule has 10 nitrogen and oxygen atoms in total. The molecular formula is C23H36N4O6. The molecule has 0 saturated carbocycles. The van der Waals surface area contributed by atoms with E-state index in [1.54, 1.807) is 26.0 Å². The second-order valence-electron chi connectivity index (χ2n) is 8.64. The van der Waals surface area contributed by atoms with Crippen LogP contribution in [0.25, 0.3) is 0 Å². The van der Waals surface area contributed by atoms with Crippen LogP contribution in [0.1, 0.15) is 46.6 Å². The lowest BCUT2D eigenvalue weighted by atomic mass is 9.99. The zero-order valence-electron chi connectivity index (χ0n) is 19.8. The number of hydrogen-bond donors (Lipinski definition) is 6. The highest BCUT2D eigenvalue weighted by Gasteiger charge is 2.30. The Balaban J connectivity index is 2.99. The van der Waals surface area contributed by atoms with Gasteiger partial charge in [-0.05, 0) is 36.5 Å². The Kier molecular flexibility index (Phi) is 10.8. The van der Waals surface area contributed by atoms with Crippen molar-refractivity contribution in [3.63, 3.8) is 0 Å². The number of phenolic OH excluding ortho intramolecular Hbond substituents is 1. The summed E-state index contributed by atoms with van der Waals surface area (Å²) in [5.41, 5.74) is 6.55. The number of carboxylic acid groups (broad SMARTS) is 1. The van der Waals surface area contributed by atoms with Gasteiger partial charge in [0.15, 0.2) is 0 Å². The van der Waals surface area contributed by atoms with Crippen LogP contribution in [0, 0.1) is 11.8 Å². The van der Waals surface area contributed by atoms with E-state index in [-0.39, 0.29) is 24.0 Å². The second kappa shape index (κ2) is 12.8. The molecule has 0 aliphatic heterocycles. The molecule has 0 radical (unpaired) electrons. The minimum absolute atomic E-state index is 0.0449. The first-order chi connectivity index (χ1) is 15.4. The molecule has 0 heterocycles. The number of rotatable bonds is 12. The maximum Gasteiger partial charge on any atom is 0.326 e. The zero-order chi connectivity index (χ0) is 25.3. The van der Waals surface area contributed by atoms with Crippen LogP contribution in [0.2, 0.25) is 0 Å². The molecule has 0 bridgehead atoms. The van der Waals surface area contributed by atoms with Crippen molar-refractivity contribution >= 4 is 23.7 Å². The SMILES string of the molecule is CCC(C)C(N)C(=O)NC(C)C(=O)NC(Cc1ccc(O)cc1)C(=O)NC(C(=O)O)C(C)C. The summed E-state index contributed by atoms with van der Waals surface area (Å²) in [6, 6.07) is 2.09. The first-order valence-electron chi connectivity index (χ1n) is 11.0. The van der Waals surface area contributed by atoms with Crippen molar-refractivity contribution in [2.45, 2.75) is 71.6 Å². The minimum atomic E-state index is -1.19. The van der Waals surface area contributed by atoms with E-state index in [0.29, 0.717) is 12.0 Å². The maximum atomic E-state index is 12.9. The van der Waals surface area contributed by atoms with Crippen molar-refractivity contribution < 1.29 is 29.4 Å². The van der Waals surface area contributed by atoms with Crippen LogP contribution >= 0.6 is 0 Å². The average molecular weight is 465 g/mol. The predicted molar refractivity (Wildman–Crippen MR) is 123 cm³/mol. The number of aliphatic carboxylic acids is 1. The Morgan fingerprint density at radius 2 is 1.48 bits per heavy atom. The number of carboxylic acids is 1. The van der Waals surface area contributed by atoms with E-state index in [4.69, 9.17) is 5.73 Å². The van der Waals surface area contributed by atoms with Gasteiger partial charge < -0.3 is 31.9 Å². The van der Waals surface area contributed by atoms with Crippen LogP contribution in [-0.4, -0.2) is 58.1 Å². The number of hydrogen-bond acceptors (Lipinski definition) is 6. The molecule has 7 N–H and O–H groups in total. The van der Waals surface area contributed by atoms with E-state index in [1.165, 1.54) is 19.1 Å². The van der Waals surface area contributed by atoms with Gasteiger partial charge in [0.2, 0.25) is 17.7 Å². The molecule has 0 fully saturated rings. The predicted octanol–water partition coefficient (Wildman–Crippen LogP) is 0.523. The smallest absolute Gasteiger partial charge is 0.326 e. The van der Waals surface area contributed by atoms with Gasteiger partial charge in [-0.1, -0.05) is 46.2 Å². The quantitative estimate of drug-likeness (QED) is 0.262. The number of amides is 3. The topological polar surface area (TPSA) is 171 Å². The molecule has 184 valence electrons.